The van der Waals surface area contributed by atoms with Gasteiger partial charge in [-0.1, -0.05) is 20.8 Å². The summed E-state index contributed by atoms with van der Waals surface area (Å²) >= 11 is 0. The largest absolute Gasteiger partial charge is 0.813 e. The van der Waals surface area contributed by atoms with E-state index in [2.05, 4.69) is 34.6 Å². The SMILES string of the molecule is C[C-](C)C(C)(C)C.[SH-].[Y]. The molecule has 0 nitrogen and oxygen atoms in total. The summed E-state index contributed by atoms with van der Waals surface area (Å²) in [7, 11) is 0. The molecule has 0 amide bonds. The molecule has 0 heterocycles. The fourth-order valence-corrected chi connectivity index (χ4v) is 0. The minimum atomic E-state index is 0. The molecule has 0 aromatic carbocycles. The Labute approximate surface area is 91.5 Å². The second-order valence-electron chi connectivity index (χ2n) is 3.25. The summed E-state index contributed by atoms with van der Waals surface area (Å²) in [6, 6.07) is 0. The molecule has 0 rings (SSSR count). The average molecular weight is 221 g/mol. The summed E-state index contributed by atoms with van der Waals surface area (Å²) in [5.41, 5.74) is 0.417. The third-order valence-corrected chi connectivity index (χ3v) is 1.50. The quantitative estimate of drug-likeness (QED) is 0.344. The van der Waals surface area contributed by atoms with Gasteiger partial charge in [-0.25, -0.2) is 0 Å². The normalized spacial score (nSPS) is 10.0. The van der Waals surface area contributed by atoms with Gasteiger partial charge in [-0.05, 0) is 0 Å². The van der Waals surface area contributed by atoms with Crippen LogP contribution in [0.15, 0.2) is 0 Å². The van der Waals surface area contributed by atoms with E-state index in [1.807, 2.05) is 0 Å². The van der Waals surface area contributed by atoms with Crippen LogP contribution >= 0.6 is 0 Å². The van der Waals surface area contributed by atoms with E-state index >= 15 is 0 Å². The van der Waals surface area contributed by atoms with Gasteiger partial charge < -0.3 is 19.4 Å². The van der Waals surface area contributed by atoms with Crippen LogP contribution in [0, 0.1) is 11.3 Å². The Morgan fingerprint density at radius 3 is 1.11 bits per heavy atom. The Kier molecular flexibility index (Phi) is 11.6. The molecule has 0 aromatic rings. The Balaban J connectivity index is -0.000000180. The van der Waals surface area contributed by atoms with Crippen LogP contribution < -0.4 is 0 Å². The third-order valence-electron chi connectivity index (χ3n) is 1.50. The minimum absolute atomic E-state index is 0. The Morgan fingerprint density at radius 2 is 1.11 bits per heavy atom. The molecule has 0 bridgehead atoms. The van der Waals surface area contributed by atoms with Gasteiger partial charge in [0.2, 0.25) is 0 Å². The molecule has 0 spiro atoms. The van der Waals surface area contributed by atoms with E-state index < -0.39 is 0 Å². The number of hydrogen-bond acceptors (Lipinski definition) is 1. The molecule has 0 aromatic heterocycles. The average Bonchev–Trinajstić information content (AvgIpc) is 1.31. The van der Waals surface area contributed by atoms with E-state index in [1.54, 1.807) is 0 Å². The molecule has 0 fully saturated rings. The first-order valence-electron chi connectivity index (χ1n) is 2.75. The maximum Gasteiger partial charge on any atom is 0 e. The Bertz CT molecular complexity index is 54.4. The second-order valence-corrected chi connectivity index (χ2v) is 3.25. The van der Waals surface area contributed by atoms with Crippen molar-refractivity contribution in [2.24, 2.45) is 5.41 Å². The van der Waals surface area contributed by atoms with E-state index in [1.165, 1.54) is 5.92 Å². The van der Waals surface area contributed by atoms with Crippen LogP contribution in [-0.2, 0) is 46.2 Å². The van der Waals surface area contributed by atoms with E-state index in [-0.39, 0.29) is 46.2 Å². The van der Waals surface area contributed by atoms with Gasteiger partial charge in [-0.2, -0.15) is 19.3 Å². The van der Waals surface area contributed by atoms with E-state index in [0.717, 1.165) is 0 Å². The van der Waals surface area contributed by atoms with Crippen molar-refractivity contribution < 1.29 is 32.7 Å². The van der Waals surface area contributed by atoms with Gasteiger partial charge in [0, 0.05) is 32.7 Å². The van der Waals surface area contributed by atoms with Crippen LogP contribution in [0.2, 0.25) is 0 Å². The summed E-state index contributed by atoms with van der Waals surface area (Å²) in [6.45, 7) is 11.0. The molecule has 0 saturated heterocycles. The minimum Gasteiger partial charge on any atom is -0.813 e. The molecule has 0 aliphatic carbocycles. The number of hydrogen-bond donors (Lipinski definition) is 0. The van der Waals surface area contributed by atoms with Gasteiger partial charge in [0.25, 0.3) is 0 Å². The first-order chi connectivity index (χ1) is 2.94. The molecule has 0 aliphatic rings. The van der Waals surface area contributed by atoms with E-state index in [9.17, 15) is 0 Å². The van der Waals surface area contributed by atoms with Gasteiger partial charge in [0.05, 0.1) is 0 Å². The van der Waals surface area contributed by atoms with Crippen molar-refractivity contribution in [3.05, 3.63) is 5.92 Å². The maximum absolute atomic E-state index is 2.22. The molecule has 0 atom stereocenters. The summed E-state index contributed by atoms with van der Waals surface area (Å²) < 4.78 is 0. The zero-order valence-electron chi connectivity index (χ0n) is 7.02. The predicted octanol–water partition coefficient (Wildman–Crippen LogP) is 2.37. The first-order valence-corrected chi connectivity index (χ1v) is 2.75. The van der Waals surface area contributed by atoms with E-state index in [4.69, 9.17) is 0 Å². The van der Waals surface area contributed by atoms with Crippen LogP contribution in [0.1, 0.15) is 34.6 Å². The summed E-state index contributed by atoms with van der Waals surface area (Å²) in [4.78, 5) is 0. The zero-order chi connectivity index (χ0) is 6.08. The summed E-state index contributed by atoms with van der Waals surface area (Å²) in [5, 5.41) is 0. The van der Waals surface area contributed by atoms with Gasteiger partial charge in [-0.3, -0.25) is 0 Å². The van der Waals surface area contributed by atoms with Gasteiger partial charge in [0.1, 0.15) is 0 Å². The molecule has 1 radical (unpaired) electrons. The first kappa shape index (κ1) is 16.8. The molecule has 0 aliphatic heterocycles. The zero-order valence-corrected chi connectivity index (χ0v) is 10.8. The summed E-state index contributed by atoms with van der Waals surface area (Å²) in [5.74, 6) is 1.49. The molecule has 9 heavy (non-hydrogen) atoms. The molecular formula is C7H16SY-2. The fraction of sp³-hybridized carbons (Fsp3) is 0.857. The molecule has 55 valence electrons. The van der Waals surface area contributed by atoms with E-state index in [0.29, 0.717) is 5.41 Å². The fourth-order valence-electron chi connectivity index (χ4n) is 0. The molecular weight excluding hydrogens is 205 g/mol. The predicted molar refractivity (Wildman–Crippen MR) is 42.8 cm³/mol. The Hall–Kier alpha value is 1.45. The maximum atomic E-state index is 2.22. The van der Waals surface area contributed by atoms with Crippen LogP contribution in [0.5, 0.6) is 0 Å². The van der Waals surface area contributed by atoms with Gasteiger partial charge >= 0.3 is 0 Å². The van der Waals surface area contributed by atoms with Crippen molar-refractivity contribution in [2.75, 3.05) is 0 Å². The van der Waals surface area contributed by atoms with Crippen LogP contribution in [0.3, 0.4) is 0 Å². The van der Waals surface area contributed by atoms with Crippen LogP contribution in [-0.4, -0.2) is 0 Å². The number of rotatable bonds is 0. The third kappa shape index (κ3) is 9.45. The van der Waals surface area contributed by atoms with Crippen molar-refractivity contribution in [1.82, 2.24) is 0 Å². The van der Waals surface area contributed by atoms with Crippen molar-refractivity contribution in [1.29, 1.82) is 0 Å². The Morgan fingerprint density at radius 1 is 1.00 bits per heavy atom. The van der Waals surface area contributed by atoms with Crippen molar-refractivity contribution in [2.45, 2.75) is 34.6 Å². The van der Waals surface area contributed by atoms with Crippen LogP contribution in [0.25, 0.3) is 0 Å². The molecule has 0 saturated carbocycles. The molecule has 2 heteroatoms. The standard InChI is InChI=1S/C7H15.H2S.Y/c1-6(2)7(3,4)5;;/h1-5H3;1H2;/q-1;;/p-1. The molecule has 0 N–H and O–H groups in total. The monoisotopic (exact) mass is 221 g/mol. The molecule has 0 unspecified atom stereocenters. The van der Waals surface area contributed by atoms with Gasteiger partial charge in [-0.15, -0.1) is 0 Å². The van der Waals surface area contributed by atoms with Crippen molar-refractivity contribution in [3.63, 3.8) is 0 Å². The summed E-state index contributed by atoms with van der Waals surface area (Å²) in [6.07, 6.45) is 0. The number of thiol groups is 1. The second kappa shape index (κ2) is 6.18. The van der Waals surface area contributed by atoms with Gasteiger partial charge in [0.15, 0.2) is 0 Å². The van der Waals surface area contributed by atoms with Crippen LogP contribution in [0.4, 0.5) is 0 Å². The van der Waals surface area contributed by atoms with Crippen molar-refractivity contribution >= 4 is 13.5 Å². The topological polar surface area (TPSA) is 0 Å². The smallest absolute Gasteiger partial charge is 0 e. The van der Waals surface area contributed by atoms with Crippen molar-refractivity contribution in [3.8, 4) is 0 Å².